The van der Waals surface area contributed by atoms with E-state index in [9.17, 15) is 0 Å². The molecule has 1 heterocycles. The Hall–Kier alpha value is -2.08. The summed E-state index contributed by atoms with van der Waals surface area (Å²) in [6, 6.07) is 8.10. The number of para-hydroxylation sites is 1. The second-order valence-electron chi connectivity index (χ2n) is 7.01. The molecule has 0 spiro atoms. The fraction of sp³-hybridized carbons (Fsp3) is 0.500. The third-order valence-electron chi connectivity index (χ3n) is 3.63. The summed E-state index contributed by atoms with van der Waals surface area (Å²) in [4.78, 5) is 8.89. The summed E-state index contributed by atoms with van der Waals surface area (Å²) in [7, 11) is 1.78. The molecule has 6 heteroatoms. The molecule has 5 nitrogen and oxygen atoms in total. The molecule has 1 aromatic heterocycles. The Labute approximate surface area is 160 Å². The van der Waals surface area contributed by atoms with Crippen molar-refractivity contribution in [1.29, 1.82) is 0 Å². The number of aromatic nitrogens is 1. The monoisotopic (exact) mass is 374 g/mol. The zero-order chi connectivity index (χ0) is 19.0. The lowest BCUT2D eigenvalue weighted by Crippen LogP contribution is -2.38. The van der Waals surface area contributed by atoms with E-state index in [0.29, 0.717) is 6.54 Å². The van der Waals surface area contributed by atoms with Crippen LogP contribution in [0.4, 0.5) is 0 Å². The Morgan fingerprint density at radius 1 is 1.23 bits per heavy atom. The minimum atomic E-state index is -0.221. The van der Waals surface area contributed by atoms with E-state index in [-0.39, 0.29) is 5.60 Å². The van der Waals surface area contributed by atoms with E-state index in [1.54, 1.807) is 18.4 Å². The maximum atomic E-state index is 6.04. The fourth-order valence-corrected chi connectivity index (χ4v) is 3.19. The molecule has 2 aromatic rings. The standard InChI is InChI=1S/C20H30N4OS/c1-6-18-24-16(14-26-18)11-12-22-19(21-5)23-13-15-9-7-8-10-17(15)25-20(2,3)4/h7-10,14H,6,11-13H2,1-5H3,(H2,21,22,23). The van der Waals surface area contributed by atoms with Crippen LogP contribution in [0, 0.1) is 0 Å². The molecule has 0 aliphatic rings. The van der Waals surface area contributed by atoms with Gasteiger partial charge in [-0.3, -0.25) is 4.99 Å². The molecule has 1 aromatic carbocycles. The Bertz CT molecular complexity index is 719. The molecule has 0 fully saturated rings. The molecule has 0 aliphatic heterocycles. The van der Waals surface area contributed by atoms with E-state index < -0.39 is 0 Å². The summed E-state index contributed by atoms with van der Waals surface area (Å²) in [5, 5.41) is 10.0. The van der Waals surface area contributed by atoms with Gasteiger partial charge in [-0.05, 0) is 33.3 Å². The van der Waals surface area contributed by atoms with Crippen molar-refractivity contribution >= 4 is 17.3 Å². The van der Waals surface area contributed by atoms with E-state index >= 15 is 0 Å². The normalized spacial score (nSPS) is 12.1. The molecule has 142 valence electrons. The van der Waals surface area contributed by atoms with Crippen LogP contribution < -0.4 is 15.4 Å². The van der Waals surface area contributed by atoms with Crippen LogP contribution in [0.3, 0.4) is 0 Å². The van der Waals surface area contributed by atoms with Crippen molar-refractivity contribution in [2.45, 2.75) is 52.7 Å². The number of aryl methyl sites for hydroxylation is 1. The van der Waals surface area contributed by atoms with Crippen molar-refractivity contribution < 1.29 is 4.74 Å². The number of thiazole rings is 1. The number of aliphatic imine (C=N–C) groups is 1. The van der Waals surface area contributed by atoms with Gasteiger partial charge in [0.05, 0.1) is 10.7 Å². The van der Waals surface area contributed by atoms with Crippen LogP contribution >= 0.6 is 11.3 Å². The number of rotatable bonds is 7. The molecule has 0 radical (unpaired) electrons. The Morgan fingerprint density at radius 2 is 2.00 bits per heavy atom. The molecule has 2 N–H and O–H groups in total. The average Bonchev–Trinajstić information content (AvgIpc) is 3.05. The number of benzene rings is 1. The van der Waals surface area contributed by atoms with E-state index in [2.05, 4.69) is 59.8 Å². The van der Waals surface area contributed by atoms with Gasteiger partial charge in [0.1, 0.15) is 11.4 Å². The highest BCUT2D eigenvalue weighted by Crippen LogP contribution is 2.22. The van der Waals surface area contributed by atoms with Crippen molar-refractivity contribution in [3.63, 3.8) is 0 Å². The minimum Gasteiger partial charge on any atom is -0.488 e. The van der Waals surface area contributed by atoms with Gasteiger partial charge in [0, 0.05) is 37.5 Å². The number of hydrogen-bond acceptors (Lipinski definition) is 4. The van der Waals surface area contributed by atoms with Gasteiger partial charge >= 0.3 is 0 Å². The SMILES string of the molecule is CCc1nc(CCNC(=NC)NCc2ccccc2OC(C)(C)C)cs1. The molecule has 26 heavy (non-hydrogen) atoms. The zero-order valence-corrected chi connectivity index (χ0v) is 17.2. The van der Waals surface area contributed by atoms with Gasteiger partial charge in [0.2, 0.25) is 0 Å². The second-order valence-corrected chi connectivity index (χ2v) is 7.95. The topological polar surface area (TPSA) is 58.5 Å². The van der Waals surface area contributed by atoms with Gasteiger partial charge in [-0.25, -0.2) is 4.98 Å². The van der Waals surface area contributed by atoms with Crippen LogP contribution in [-0.4, -0.2) is 30.1 Å². The summed E-state index contributed by atoms with van der Waals surface area (Å²) >= 11 is 1.73. The lowest BCUT2D eigenvalue weighted by atomic mass is 10.1. The highest BCUT2D eigenvalue weighted by Gasteiger charge is 2.14. The maximum Gasteiger partial charge on any atom is 0.191 e. The number of nitrogens with one attached hydrogen (secondary N) is 2. The van der Waals surface area contributed by atoms with Crippen LogP contribution in [0.1, 0.15) is 44.0 Å². The first-order valence-electron chi connectivity index (χ1n) is 9.06. The summed E-state index contributed by atoms with van der Waals surface area (Å²) in [6.07, 6.45) is 1.89. The number of guanidine groups is 1. The Morgan fingerprint density at radius 3 is 2.65 bits per heavy atom. The van der Waals surface area contributed by atoms with Crippen LogP contribution in [0.2, 0.25) is 0 Å². The van der Waals surface area contributed by atoms with Crippen molar-refractivity contribution in [2.75, 3.05) is 13.6 Å². The van der Waals surface area contributed by atoms with E-state index in [4.69, 9.17) is 4.74 Å². The lowest BCUT2D eigenvalue weighted by molar-refractivity contribution is 0.129. The number of ether oxygens (including phenoxy) is 1. The fourth-order valence-electron chi connectivity index (χ4n) is 2.41. The molecule has 0 atom stereocenters. The molecule has 0 saturated heterocycles. The number of hydrogen-bond donors (Lipinski definition) is 2. The molecule has 2 rings (SSSR count). The Balaban J connectivity index is 1.85. The third kappa shape index (κ3) is 6.67. The van der Waals surface area contributed by atoms with Gasteiger partial charge in [0.25, 0.3) is 0 Å². The highest BCUT2D eigenvalue weighted by atomic mass is 32.1. The summed E-state index contributed by atoms with van der Waals surface area (Å²) in [6.45, 7) is 9.75. The average molecular weight is 375 g/mol. The van der Waals surface area contributed by atoms with Gasteiger partial charge in [-0.15, -0.1) is 11.3 Å². The molecule has 0 unspecified atom stereocenters. The molecule has 0 aliphatic carbocycles. The molecule has 0 amide bonds. The molecule has 0 saturated carbocycles. The second kappa shape index (κ2) is 9.57. The van der Waals surface area contributed by atoms with E-state index in [1.165, 1.54) is 5.01 Å². The van der Waals surface area contributed by atoms with Crippen molar-refractivity contribution in [1.82, 2.24) is 15.6 Å². The molecular formula is C20H30N4OS. The van der Waals surface area contributed by atoms with E-state index in [0.717, 1.165) is 42.4 Å². The summed E-state index contributed by atoms with van der Waals surface area (Å²) in [5.41, 5.74) is 2.03. The van der Waals surface area contributed by atoms with Crippen LogP contribution in [-0.2, 0) is 19.4 Å². The van der Waals surface area contributed by atoms with Crippen LogP contribution in [0.15, 0.2) is 34.6 Å². The van der Waals surface area contributed by atoms with Crippen molar-refractivity contribution in [2.24, 2.45) is 4.99 Å². The van der Waals surface area contributed by atoms with Gasteiger partial charge in [-0.2, -0.15) is 0 Å². The predicted molar refractivity (Wildman–Crippen MR) is 110 cm³/mol. The summed E-state index contributed by atoms with van der Waals surface area (Å²) < 4.78 is 6.04. The molecular weight excluding hydrogens is 344 g/mol. The quantitative estimate of drug-likeness (QED) is 0.572. The zero-order valence-electron chi connectivity index (χ0n) is 16.4. The first kappa shape index (κ1) is 20.2. The maximum absolute atomic E-state index is 6.04. The van der Waals surface area contributed by atoms with Gasteiger partial charge < -0.3 is 15.4 Å². The summed E-state index contributed by atoms with van der Waals surface area (Å²) in [5.74, 6) is 1.68. The minimum absolute atomic E-state index is 0.221. The highest BCUT2D eigenvalue weighted by molar-refractivity contribution is 7.09. The number of nitrogens with zero attached hydrogens (tertiary/aromatic N) is 2. The van der Waals surface area contributed by atoms with Crippen molar-refractivity contribution in [3.05, 3.63) is 45.9 Å². The largest absolute Gasteiger partial charge is 0.488 e. The Kier molecular flexibility index (Phi) is 7.45. The smallest absolute Gasteiger partial charge is 0.191 e. The first-order valence-corrected chi connectivity index (χ1v) is 9.94. The van der Waals surface area contributed by atoms with Gasteiger partial charge in [0.15, 0.2) is 5.96 Å². The first-order chi connectivity index (χ1) is 12.4. The van der Waals surface area contributed by atoms with Gasteiger partial charge in [-0.1, -0.05) is 25.1 Å². The van der Waals surface area contributed by atoms with Crippen LogP contribution in [0.25, 0.3) is 0 Å². The van der Waals surface area contributed by atoms with Crippen molar-refractivity contribution in [3.8, 4) is 5.75 Å². The van der Waals surface area contributed by atoms with E-state index in [1.807, 2.05) is 18.2 Å². The molecule has 0 bridgehead atoms. The van der Waals surface area contributed by atoms with Crippen LogP contribution in [0.5, 0.6) is 5.75 Å². The third-order valence-corrected chi connectivity index (χ3v) is 4.68. The predicted octanol–water partition coefficient (Wildman–Crippen LogP) is 3.79. The lowest BCUT2D eigenvalue weighted by Gasteiger charge is -2.23.